The van der Waals surface area contributed by atoms with Crippen LogP contribution in [0.3, 0.4) is 0 Å². The number of benzene rings is 1. The van der Waals surface area contributed by atoms with Gasteiger partial charge in [0.2, 0.25) is 0 Å². The molecule has 15 heavy (non-hydrogen) atoms. The second kappa shape index (κ2) is 4.86. The summed E-state index contributed by atoms with van der Waals surface area (Å²) in [5.41, 5.74) is 5.82. The summed E-state index contributed by atoms with van der Waals surface area (Å²) in [4.78, 5) is 10.5. The van der Waals surface area contributed by atoms with Crippen molar-refractivity contribution in [3.63, 3.8) is 0 Å². The molecular formula is C10H12FNO3. The molecule has 0 radical (unpaired) electrons. The van der Waals surface area contributed by atoms with Gasteiger partial charge in [-0.05, 0) is 17.7 Å². The molecule has 0 aliphatic rings. The minimum Gasteiger partial charge on any atom is -0.478 e. The molecule has 82 valence electrons. The van der Waals surface area contributed by atoms with Crippen LogP contribution in [0.5, 0.6) is 0 Å². The van der Waals surface area contributed by atoms with Crippen molar-refractivity contribution in [3.05, 3.63) is 35.4 Å². The molecular weight excluding hydrogens is 201 g/mol. The van der Waals surface area contributed by atoms with E-state index < -0.39 is 24.8 Å². The van der Waals surface area contributed by atoms with E-state index in [1.807, 2.05) is 0 Å². The molecule has 1 aromatic carbocycles. The summed E-state index contributed by atoms with van der Waals surface area (Å²) >= 11 is 0. The summed E-state index contributed by atoms with van der Waals surface area (Å²) in [6.07, 6.45) is -1.11. The number of hydrogen-bond acceptors (Lipinski definition) is 3. The van der Waals surface area contributed by atoms with Gasteiger partial charge in [-0.2, -0.15) is 0 Å². The second-order valence-corrected chi connectivity index (χ2v) is 3.19. The number of carbonyl (C=O) groups is 1. The first kappa shape index (κ1) is 11.6. The lowest BCUT2D eigenvalue weighted by Gasteiger charge is -2.15. The summed E-state index contributed by atoms with van der Waals surface area (Å²) in [5, 5.41) is 18.1. The average molecular weight is 213 g/mol. The number of nitrogens with two attached hydrogens (primary N) is 1. The lowest BCUT2D eigenvalue weighted by atomic mass is 10.0. The maximum absolute atomic E-state index is 12.2. The molecule has 0 aliphatic heterocycles. The molecule has 4 nitrogen and oxygen atoms in total. The van der Waals surface area contributed by atoms with Gasteiger partial charge in [0.15, 0.2) is 0 Å². The first-order chi connectivity index (χ1) is 7.06. The summed E-state index contributed by atoms with van der Waals surface area (Å²) in [7, 11) is 0. The molecule has 1 rings (SSSR count). The van der Waals surface area contributed by atoms with Crippen molar-refractivity contribution >= 4 is 5.97 Å². The molecule has 0 heterocycles. The molecule has 0 amide bonds. The van der Waals surface area contributed by atoms with Crippen molar-refractivity contribution in [2.45, 2.75) is 12.1 Å². The molecule has 5 heteroatoms. The maximum atomic E-state index is 12.2. The summed E-state index contributed by atoms with van der Waals surface area (Å²) in [6, 6.07) is 4.53. The van der Waals surface area contributed by atoms with Crippen LogP contribution in [0.2, 0.25) is 0 Å². The highest BCUT2D eigenvalue weighted by Crippen LogP contribution is 2.16. The van der Waals surface area contributed by atoms with E-state index >= 15 is 0 Å². The standard InChI is InChI=1S/C10H12FNO3/c11-5-8(12)9(13)6-1-3-7(4-2-6)10(14)15/h1-4,8-9,13H,5,12H2,(H,14,15)/t8-,9-/m1/s1. The van der Waals surface area contributed by atoms with E-state index in [1.54, 1.807) is 0 Å². The van der Waals surface area contributed by atoms with E-state index in [4.69, 9.17) is 10.8 Å². The van der Waals surface area contributed by atoms with Crippen LogP contribution in [0.25, 0.3) is 0 Å². The largest absolute Gasteiger partial charge is 0.478 e. The highest BCUT2D eigenvalue weighted by Gasteiger charge is 2.16. The van der Waals surface area contributed by atoms with Crippen LogP contribution in [0.15, 0.2) is 24.3 Å². The molecule has 0 spiro atoms. The SMILES string of the molecule is N[C@H](CF)[C@H](O)c1ccc(C(=O)O)cc1. The Bertz CT molecular complexity index is 339. The van der Waals surface area contributed by atoms with Crippen molar-refractivity contribution in [1.82, 2.24) is 0 Å². The topological polar surface area (TPSA) is 83.5 Å². The Balaban J connectivity index is 2.84. The lowest BCUT2D eigenvalue weighted by Crippen LogP contribution is -2.30. The van der Waals surface area contributed by atoms with E-state index in [1.165, 1.54) is 24.3 Å². The second-order valence-electron chi connectivity index (χ2n) is 3.19. The van der Waals surface area contributed by atoms with Crippen molar-refractivity contribution in [3.8, 4) is 0 Å². The van der Waals surface area contributed by atoms with Gasteiger partial charge in [-0.25, -0.2) is 9.18 Å². The molecule has 0 fully saturated rings. The zero-order valence-corrected chi connectivity index (χ0v) is 7.93. The van der Waals surface area contributed by atoms with Gasteiger partial charge < -0.3 is 15.9 Å². The van der Waals surface area contributed by atoms with Gasteiger partial charge in [-0.3, -0.25) is 0 Å². The Labute approximate surface area is 86.1 Å². The minimum absolute atomic E-state index is 0.111. The van der Waals surface area contributed by atoms with Gasteiger partial charge in [-0.1, -0.05) is 12.1 Å². The predicted molar refractivity (Wildman–Crippen MR) is 52.3 cm³/mol. The van der Waals surface area contributed by atoms with Crippen LogP contribution < -0.4 is 5.73 Å². The van der Waals surface area contributed by atoms with Gasteiger partial charge in [0.05, 0.1) is 17.7 Å². The Hall–Kier alpha value is -1.46. The molecule has 0 unspecified atom stereocenters. The van der Waals surface area contributed by atoms with Crippen LogP contribution in [-0.4, -0.2) is 28.9 Å². The number of rotatable bonds is 4. The predicted octanol–water partition coefficient (Wildman–Crippen LogP) is 0.715. The van der Waals surface area contributed by atoms with Crippen molar-refractivity contribution in [2.24, 2.45) is 5.73 Å². The molecule has 4 N–H and O–H groups in total. The number of alkyl halides is 1. The highest BCUT2D eigenvalue weighted by atomic mass is 19.1. The zero-order chi connectivity index (χ0) is 11.4. The molecule has 0 saturated heterocycles. The van der Waals surface area contributed by atoms with Crippen LogP contribution in [0, 0.1) is 0 Å². The fourth-order valence-electron chi connectivity index (χ4n) is 1.15. The third-order valence-corrected chi connectivity index (χ3v) is 2.08. The minimum atomic E-state index is -1.11. The molecule has 0 saturated carbocycles. The number of aliphatic hydroxyl groups is 1. The zero-order valence-electron chi connectivity index (χ0n) is 7.93. The molecule has 2 atom stereocenters. The average Bonchev–Trinajstić information content (AvgIpc) is 2.27. The third-order valence-electron chi connectivity index (χ3n) is 2.08. The van der Waals surface area contributed by atoms with E-state index in [0.29, 0.717) is 5.56 Å². The summed E-state index contributed by atoms with van der Waals surface area (Å²) < 4.78 is 12.2. The summed E-state index contributed by atoms with van der Waals surface area (Å²) in [6.45, 7) is -0.831. The number of aliphatic hydroxyl groups excluding tert-OH is 1. The third kappa shape index (κ3) is 2.74. The van der Waals surface area contributed by atoms with E-state index in [0.717, 1.165) is 0 Å². The van der Waals surface area contributed by atoms with Crippen molar-refractivity contribution < 1.29 is 19.4 Å². The quantitative estimate of drug-likeness (QED) is 0.688. The lowest BCUT2D eigenvalue weighted by molar-refractivity contribution is 0.0696. The van der Waals surface area contributed by atoms with Gasteiger partial charge in [-0.15, -0.1) is 0 Å². The van der Waals surface area contributed by atoms with E-state index in [9.17, 15) is 14.3 Å². The number of hydrogen-bond donors (Lipinski definition) is 3. The number of carboxylic acids is 1. The monoisotopic (exact) mass is 213 g/mol. The van der Waals surface area contributed by atoms with E-state index in [2.05, 4.69) is 0 Å². The summed E-state index contributed by atoms with van der Waals surface area (Å²) in [5.74, 6) is -1.05. The fraction of sp³-hybridized carbons (Fsp3) is 0.300. The normalized spacial score (nSPS) is 14.6. The van der Waals surface area contributed by atoms with Gasteiger partial charge in [0.25, 0.3) is 0 Å². The Morgan fingerprint density at radius 2 is 1.93 bits per heavy atom. The first-order valence-corrected chi connectivity index (χ1v) is 4.39. The van der Waals surface area contributed by atoms with Crippen LogP contribution in [0.1, 0.15) is 22.0 Å². The van der Waals surface area contributed by atoms with Crippen LogP contribution in [0.4, 0.5) is 4.39 Å². The van der Waals surface area contributed by atoms with Crippen LogP contribution >= 0.6 is 0 Å². The number of halogens is 1. The van der Waals surface area contributed by atoms with Crippen molar-refractivity contribution in [2.75, 3.05) is 6.67 Å². The van der Waals surface area contributed by atoms with Crippen molar-refractivity contribution in [1.29, 1.82) is 0 Å². The molecule has 0 bridgehead atoms. The molecule has 0 aliphatic carbocycles. The Morgan fingerprint density at radius 3 is 2.33 bits per heavy atom. The highest BCUT2D eigenvalue weighted by molar-refractivity contribution is 5.87. The molecule has 1 aromatic rings. The smallest absolute Gasteiger partial charge is 0.335 e. The Kier molecular flexibility index (Phi) is 3.76. The Morgan fingerprint density at radius 1 is 1.40 bits per heavy atom. The number of carboxylic acid groups (broad SMARTS) is 1. The number of aromatic carboxylic acids is 1. The van der Waals surface area contributed by atoms with E-state index in [-0.39, 0.29) is 5.56 Å². The van der Waals surface area contributed by atoms with Crippen LogP contribution in [-0.2, 0) is 0 Å². The van der Waals surface area contributed by atoms with Gasteiger partial charge in [0, 0.05) is 0 Å². The van der Waals surface area contributed by atoms with Gasteiger partial charge >= 0.3 is 5.97 Å². The maximum Gasteiger partial charge on any atom is 0.335 e. The first-order valence-electron chi connectivity index (χ1n) is 4.39. The fourth-order valence-corrected chi connectivity index (χ4v) is 1.15. The molecule has 0 aromatic heterocycles. The van der Waals surface area contributed by atoms with Gasteiger partial charge in [0.1, 0.15) is 6.67 Å².